The monoisotopic (exact) mass is 617 g/mol. The molecule has 0 unspecified atom stereocenters. The zero-order chi connectivity index (χ0) is 32.8. The van der Waals surface area contributed by atoms with Gasteiger partial charge in [-0.15, -0.1) is 0 Å². The summed E-state index contributed by atoms with van der Waals surface area (Å²) in [6.45, 7) is 6.27. The number of hydrogen-bond acceptors (Lipinski definition) is 9. The first-order valence-electron chi connectivity index (χ1n) is 13.8. The molecule has 5 N–H and O–H groups in total. The predicted octanol–water partition coefficient (Wildman–Crippen LogP) is 2.91. The number of amides is 3. The van der Waals surface area contributed by atoms with Gasteiger partial charge in [-0.25, -0.2) is 15.1 Å². The van der Waals surface area contributed by atoms with Gasteiger partial charge in [-0.3, -0.25) is 19.2 Å². The number of carbonyl (C=O) groups is 5. The largest absolute Gasteiger partial charge is 0.492 e. The van der Waals surface area contributed by atoms with Crippen molar-refractivity contribution in [1.29, 1.82) is 0 Å². The van der Waals surface area contributed by atoms with Gasteiger partial charge in [0.25, 0.3) is 11.8 Å². The number of carboxylic acid groups (broad SMARTS) is 2. The lowest BCUT2D eigenvalue weighted by atomic mass is 10.0. The van der Waals surface area contributed by atoms with Crippen LogP contribution in [0.3, 0.4) is 0 Å². The van der Waals surface area contributed by atoms with E-state index in [2.05, 4.69) is 16.1 Å². The molecular weight excluding hydrogens is 578 g/mol. The van der Waals surface area contributed by atoms with Crippen molar-refractivity contribution in [1.82, 2.24) is 16.1 Å². The second kappa shape index (κ2) is 16.8. The normalized spacial score (nSPS) is 11.3. The van der Waals surface area contributed by atoms with Crippen molar-refractivity contribution < 1.29 is 53.2 Å². The van der Waals surface area contributed by atoms with Crippen LogP contribution in [-0.2, 0) is 30.5 Å². The lowest BCUT2D eigenvalue weighted by Gasteiger charge is -2.33. The summed E-state index contributed by atoms with van der Waals surface area (Å²) in [7, 11) is 0. The maximum Gasteiger partial charge on any atom is 0.407 e. The molecule has 0 saturated carbocycles. The van der Waals surface area contributed by atoms with Gasteiger partial charge < -0.3 is 35.1 Å². The Hall–Kier alpha value is -4.69. The number of carboxylic acids is 2. The van der Waals surface area contributed by atoms with Gasteiger partial charge in [-0.05, 0) is 57.9 Å². The third-order valence-electron chi connectivity index (χ3n) is 5.93. The van der Waals surface area contributed by atoms with Gasteiger partial charge in [-0.2, -0.15) is 0 Å². The van der Waals surface area contributed by atoms with Crippen molar-refractivity contribution in [2.75, 3.05) is 26.3 Å². The van der Waals surface area contributed by atoms with Crippen LogP contribution in [0.2, 0.25) is 0 Å². The average Bonchev–Trinajstić information content (AvgIpc) is 2.95. The van der Waals surface area contributed by atoms with E-state index in [1.165, 1.54) is 32.0 Å². The fourth-order valence-corrected chi connectivity index (χ4v) is 3.72. The van der Waals surface area contributed by atoms with Crippen molar-refractivity contribution >= 4 is 29.8 Å². The second-order valence-corrected chi connectivity index (χ2v) is 10.7. The van der Waals surface area contributed by atoms with Crippen LogP contribution in [-0.4, -0.2) is 77.6 Å². The highest BCUT2D eigenvalue weighted by atomic mass is 16.7. The highest BCUT2D eigenvalue weighted by molar-refractivity contribution is 6.00. The van der Waals surface area contributed by atoms with E-state index in [0.29, 0.717) is 0 Å². The second-order valence-electron chi connectivity index (χ2n) is 10.7. The number of carbonyl (C=O) groups excluding carboxylic acids is 3. The molecule has 240 valence electrons. The summed E-state index contributed by atoms with van der Waals surface area (Å²) in [6, 6.07) is 13.2. The third kappa shape index (κ3) is 13.1. The summed E-state index contributed by atoms with van der Waals surface area (Å²) in [4.78, 5) is 64.6. The van der Waals surface area contributed by atoms with E-state index in [-0.39, 0.29) is 62.6 Å². The zero-order valence-corrected chi connectivity index (χ0v) is 25.1. The average molecular weight is 618 g/mol. The summed E-state index contributed by atoms with van der Waals surface area (Å²) in [5.41, 5.74) is 0.698. The molecule has 44 heavy (non-hydrogen) atoms. The number of hydroxylamine groups is 1. The lowest BCUT2D eigenvalue weighted by molar-refractivity contribution is -0.180. The Bertz CT molecular complexity index is 1300. The Morgan fingerprint density at radius 3 is 2.11 bits per heavy atom. The van der Waals surface area contributed by atoms with E-state index in [4.69, 9.17) is 24.2 Å². The Kier molecular flexibility index (Phi) is 13.6. The molecule has 0 heterocycles. The summed E-state index contributed by atoms with van der Waals surface area (Å²) < 4.78 is 16.5. The number of alkyl carbamates (subject to hydrolysis) is 1. The molecule has 0 radical (unpaired) electrons. The minimum absolute atomic E-state index is 0.00919. The van der Waals surface area contributed by atoms with Crippen molar-refractivity contribution in [3.8, 4) is 5.75 Å². The molecule has 0 aliphatic heterocycles. The molecule has 0 spiro atoms. The molecule has 0 saturated heterocycles. The van der Waals surface area contributed by atoms with Gasteiger partial charge in [0.15, 0.2) is 5.60 Å². The maximum atomic E-state index is 13.0. The zero-order valence-electron chi connectivity index (χ0n) is 25.1. The van der Waals surface area contributed by atoms with Gasteiger partial charge in [0.2, 0.25) is 0 Å². The molecule has 0 atom stereocenters. The van der Waals surface area contributed by atoms with Crippen LogP contribution in [0.4, 0.5) is 4.79 Å². The van der Waals surface area contributed by atoms with Gasteiger partial charge in [0.05, 0.1) is 25.2 Å². The molecule has 14 nitrogen and oxygen atoms in total. The molecule has 0 aliphatic carbocycles. The molecule has 2 aromatic carbocycles. The highest BCUT2D eigenvalue weighted by Gasteiger charge is 2.35. The van der Waals surface area contributed by atoms with Crippen LogP contribution in [0, 0.1) is 0 Å². The predicted molar refractivity (Wildman–Crippen MR) is 156 cm³/mol. The molecule has 0 bridgehead atoms. The first kappa shape index (κ1) is 35.5. The summed E-state index contributed by atoms with van der Waals surface area (Å²) >= 11 is 0. The van der Waals surface area contributed by atoms with Crippen LogP contribution in [0.5, 0.6) is 5.75 Å². The maximum absolute atomic E-state index is 13.0. The third-order valence-corrected chi connectivity index (χ3v) is 5.93. The van der Waals surface area contributed by atoms with Gasteiger partial charge in [-0.1, -0.05) is 30.3 Å². The van der Waals surface area contributed by atoms with E-state index in [0.717, 1.165) is 5.56 Å². The van der Waals surface area contributed by atoms with Crippen molar-refractivity contribution in [3.05, 3.63) is 65.2 Å². The fraction of sp³-hybridized carbons (Fsp3) is 0.433. The van der Waals surface area contributed by atoms with Crippen LogP contribution in [0.15, 0.2) is 48.5 Å². The number of hydrogen-bond donors (Lipinski definition) is 5. The molecule has 2 rings (SSSR count). The first-order chi connectivity index (χ1) is 20.7. The SMILES string of the molecule is CC(C)(CCNC(=O)c1cc(OCCNC(=O)OCc2ccccc2)cc(C(=O)NOCCC(=O)O)c1)OC(C)(C)C(=O)O. The number of benzene rings is 2. The van der Waals surface area contributed by atoms with Gasteiger partial charge in [0, 0.05) is 17.7 Å². The Balaban J connectivity index is 2.01. The highest BCUT2D eigenvalue weighted by Crippen LogP contribution is 2.23. The Morgan fingerprint density at radius 1 is 0.818 bits per heavy atom. The standard InChI is InChI=1S/C30H39N3O11/c1-29(2,44-30(3,4)27(38)39)11-12-31-25(36)21-16-22(26(37)33-43-14-10-24(34)35)18-23(17-21)41-15-13-32-28(40)42-19-20-8-6-5-7-9-20/h5-9,16-18H,10-15,19H2,1-4H3,(H,31,36)(H,32,40)(H,33,37)(H,34,35)(H,38,39). The van der Waals surface area contributed by atoms with E-state index < -0.39 is 41.0 Å². The number of nitrogens with one attached hydrogen (secondary N) is 3. The fourth-order valence-electron chi connectivity index (χ4n) is 3.72. The Morgan fingerprint density at radius 2 is 1.48 bits per heavy atom. The molecule has 2 aromatic rings. The van der Waals surface area contributed by atoms with Crippen LogP contribution >= 0.6 is 0 Å². The molecule has 0 aliphatic rings. The van der Waals surface area contributed by atoms with Gasteiger partial charge in [0.1, 0.15) is 19.0 Å². The lowest BCUT2D eigenvalue weighted by Crippen LogP contribution is -2.44. The topological polar surface area (TPSA) is 199 Å². The van der Waals surface area contributed by atoms with Crippen LogP contribution < -0.4 is 20.9 Å². The number of rotatable bonds is 18. The summed E-state index contributed by atoms with van der Waals surface area (Å²) in [5.74, 6) is -3.38. The van der Waals surface area contributed by atoms with Crippen molar-refractivity contribution in [2.24, 2.45) is 0 Å². The molecular formula is C30H39N3O11. The van der Waals surface area contributed by atoms with Crippen LogP contribution in [0.1, 0.15) is 66.8 Å². The minimum atomic E-state index is -1.43. The minimum Gasteiger partial charge on any atom is -0.492 e. The van der Waals surface area contributed by atoms with E-state index in [9.17, 15) is 29.1 Å². The van der Waals surface area contributed by atoms with E-state index in [1.807, 2.05) is 30.3 Å². The van der Waals surface area contributed by atoms with Crippen molar-refractivity contribution in [2.45, 2.75) is 58.3 Å². The van der Waals surface area contributed by atoms with Crippen molar-refractivity contribution in [3.63, 3.8) is 0 Å². The van der Waals surface area contributed by atoms with Crippen LogP contribution in [0.25, 0.3) is 0 Å². The smallest absolute Gasteiger partial charge is 0.407 e. The van der Waals surface area contributed by atoms with Gasteiger partial charge >= 0.3 is 18.0 Å². The number of ether oxygens (including phenoxy) is 3. The Labute approximate surface area is 255 Å². The number of aliphatic carboxylic acids is 2. The van der Waals surface area contributed by atoms with E-state index >= 15 is 0 Å². The molecule has 0 aromatic heterocycles. The summed E-state index contributed by atoms with van der Waals surface area (Å²) in [5, 5.41) is 23.3. The summed E-state index contributed by atoms with van der Waals surface area (Å²) in [6.07, 6.45) is -0.702. The van der Waals surface area contributed by atoms with E-state index in [1.54, 1.807) is 13.8 Å². The molecule has 3 amide bonds. The molecule has 0 fully saturated rings. The molecule has 14 heteroatoms. The first-order valence-corrected chi connectivity index (χ1v) is 13.8. The quantitative estimate of drug-likeness (QED) is 0.122.